The van der Waals surface area contributed by atoms with Gasteiger partial charge in [-0.2, -0.15) is 15.1 Å². The van der Waals surface area contributed by atoms with Crippen molar-refractivity contribution >= 4 is 35.1 Å². The maximum absolute atomic E-state index is 12.1. The van der Waals surface area contributed by atoms with Crippen LogP contribution in [0.15, 0.2) is 35.5 Å². The van der Waals surface area contributed by atoms with Crippen molar-refractivity contribution in [1.29, 1.82) is 0 Å². The minimum atomic E-state index is -1.43. The van der Waals surface area contributed by atoms with Crippen LogP contribution in [0.25, 0.3) is 17.1 Å². The van der Waals surface area contributed by atoms with Gasteiger partial charge in [0.25, 0.3) is 5.95 Å². The van der Waals surface area contributed by atoms with Crippen LogP contribution in [0.3, 0.4) is 0 Å². The third-order valence-corrected chi connectivity index (χ3v) is 5.46. The number of rotatable bonds is 9. The number of aliphatic hydroxyl groups is 4. The molecular weight excluding hydrogens is 506 g/mol. The molecule has 1 saturated heterocycles. The van der Waals surface area contributed by atoms with Gasteiger partial charge in [-0.25, -0.2) is 24.2 Å². The first-order valence-electron chi connectivity index (χ1n) is 11.5. The molecule has 202 valence electrons. The minimum absolute atomic E-state index is 0.0722. The normalized spacial score (nSPS) is 21.9. The van der Waals surface area contributed by atoms with Crippen LogP contribution in [-0.2, 0) is 19.0 Å². The lowest BCUT2D eigenvalue weighted by Crippen LogP contribution is -2.33. The van der Waals surface area contributed by atoms with Gasteiger partial charge in [0.05, 0.1) is 44.2 Å². The highest BCUT2D eigenvalue weighted by atomic mass is 16.6. The molecule has 0 saturated carbocycles. The third-order valence-electron chi connectivity index (χ3n) is 5.46. The number of carbonyl (C=O) groups excluding carboxylic acids is 2. The highest BCUT2D eigenvalue weighted by Gasteiger charge is 2.44. The Kier molecular flexibility index (Phi) is 8.06. The van der Waals surface area contributed by atoms with Crippen LogP contribution in [0, 0.1) is 0 Å². The summed E-state index contributed by atoms with van der Waals surface area (Å²) in [6, 6.07) is 0. The van der Waals surface area contributed by atoms with Gasteiger partial charge in [-0.15, -0.1) is 0 Å². The summed E-state index contributed by atoms with van der Waals surface area (Å²) in [6.45, 7) is 2.96. The van der Waals surface area contributed by atoms with Gasteiger partial charge < -0.3 is 34.6 Å². The Labute approximate surface area is 214 Å². The van der Waals surface area contributed by atoms with E-state index in [0.717, 1.165) is 6.21 Å². The maximum atomic E-state index is 12.1. The summed E-state index contributed by atoms with van der Waals surface area (Å²) in [4.78, 5) is 41.3. The molecule has 4 heterocycles. The van der Waals surface area contributed by atoms with Crippen LogP contribution in [0.5, 0.6) is 0 Å². The van der Waals surface area contributed by atoms with Crippen LogP contribution in [0.1, 0.15) is 30.4 Å². The summed E-state index contributed by atoms with van der Waals surface area (Å²) in [5.41, 5.74) is 0.0367. The highest BCUT2D eigenvalue weighted by molar-refractivity contribution is 6.10. The van der Waals surface area contributed by atoms with E-state index in [1.165, 1.54) is 28.0 Å². The molecule has 16 heteroatoms. The number of fused-ring (bicyclic) bond motifs is 1. The number of ether oxygens (including phenoxy) is 3. The lowest BCUT2D eigenvalue weighted by Gasteiger charge is -2.16. The van der Waals surface area contributed by atoms with E-state index >= 15 is 0 Å². The van der Waals surface area contributed by atoms with E-state index in [-0.39, 0.29) is 47.3 Å². The predicted octanol–water partition coefficient (Wildman–Crippen LogP) is -0.492. The molecule has 0 spiro atoms. The van der Waals surface area contributed by atoms with Crippen molar-refractivity contribution in [2.45, 2.75) is 38.4 Å². The molecule has 0 amide bonds. The van der Waals surface area contributed by atoms with Gasteiger partial charge in [-0.3, -0.25) is 4.57 Å². The molecule has 0 radical (unpaired) electrons. The molecule has 3 aromatic rings. The monoisotopic (exact) mass is 531 g/mol. The summed E-state index contributed by atoms with van der Waals surface area (Å²) < 4.78 is 17.9. The zero-order chi connectivity index (χ0) is 27.4. The molecule has 4 N–H and O–H groups in total. The molecule has 1 fully saturated rings. The first-order valence-corrected chi connectivity index (χ1v) is 11.5. The highest BCUT2D eigenvalue weighted by Crippen LogP contribution is 2.33. The van der Waals surface area contributed by atoms with Crippen molar-refractivity contribution in [3.63, 3.8) is 0 Å². The Bertz CT molecular complexity index is 1380. The van der Waals surface area contributed by atoms with E-state index in [1.54, 1.807) is 13.8 Å². The Morgan fingerprint density at radius 3 is 2.61 bits per heavy atom. The molecule has 16 nitrogen and oxygen atoms in total. The Balaban J connectivity index is 1.82. The van der Waals surface area contributed by atoms with Crippen LogP contribution in [-0.4, -0.2) is 106 Å². The number of hydrogen-bond acceptors (Lipinski definition) is 14. The van der Waals surface area contributed by atoms with Gasteiger partial charge in [0.2, 0.25) is 0 Å². The van der Waals surface area contributed by atoms with Crippen molar-refractivity contribution in [2.75, 3.05) is 19.8 Å². The summed E-state index contributed by atoms with van der Waals surface area (Å²) in [5.74, 6) is -1.60. The van der Waals surface area contributed by atoms with Crippen LogP contribution < -0.4 is 0 Å². The SMILES string of the molecule is CCOC(=O)C(=C\O)/C=N/c1nc(-n2cc(C(=O)OCC)cn2)nc2c1ncn2C1O[C@H](CO)[C@@H](O)[C@H]1O. The summed E-state index contributed by atoms with van der Waals surface area (Å²) in [6.07, 6.45) is 0.369. The van der Waals surface area contributed by atoms with Gasteiger partial charge in [-0.1, -0.05) is 0 Å². The summed E-state index contributed by atoms with van der Waals surface area (Å²) in [5, 5.41) is 43.7. The summed E-state index contributed by atoms with van der Waals surface area (Å²) >= 11 is 0. The van der Waals surface area contributed by atoms with Crippen LogP contribution in [0.2, 0.25) is 0 Å². The van der Waals surface area contributed by atoms with Gasteiger partial charge in [-0.05, 0) is 13.8 Å². The van der Waals surface area contributed by atoms with Crippen molar-refractivity contribution in [1.82, 2.24) is 29.3 Å². The predicted molar refractivity (Wildman–Crippen MR) is 127 cm³/mol. The standard InChI is InChI=1S/C22H25N7O9/c1-3-36-20(34)11-6-25-29(7-11)22-26-17(23-5-12(8-30)21(35)37-4-2)14-18(27-22)28(10-24-14)19-16(33)15(32)13(9-31)38-19/h5-8,10,13,15-16,19,30-33H,3-4,9H2,1-2H3/b12-8-,23-5+/t13-,15-,16-,19?/m1/s1. The summed E-state index contributed by atoms with van der Waals surface area (Å²) in [7, 11) is 0. The van der Waals surface area contributed by atoms with E-state index in [9.17, 15) is 30.0 Å². The molecule has 4 atom stereocenters. The largest absolute Gasteiger partial charge is 0.515 e. The number of aliphatic imine (C=N–C) groups is 1. The molecule has 1 aliphatic rings. The Morgan fingerprint density at radius 2 is 1.95 bits per heavy atom. The average Bonchev–Trinajstić information content (AvgIpc) is 3.63. The third kappa shape index (κ3) is 5.10. The van der Waals surface area contributed by atoms with E-state index < -0.39 is 43.1 Å². The molecule has 4 rings (SSSR count). The van der Waals surface area contributed by atoms with Crippen molar-refractivity contribution in [3.05, 3.63) is 36.1 Å². The fraction of sp³-hybridized carbons (Fsp3) is 0.409. The van der Waals surface area contributed by atoms with Crippen molar-refractivity contribution in [3.8, 4) is 5.95 Å². The first kappa shape index (κ1) is 26.8. The molecule has 0 aliphatic carbocycles. The fourth-order valence-electron chi connectivity index (χ4n) is 3.61. The first-order chi connectivity index (χ1) is 18.3. The molecular formula is C22H25N7O9. The van der Waals surface area contributed by atoms with Crippen molar-refractivity contribution < 1.29 is 44.2 Å². The second-order valence-corrected chi connectivity index (χ2v) is 7.86. The molecule has 38 heavy (non-hydrogen) atoms. The second-order valence-electron chi connectivity index (χ2n) is 7.86. The topological polar surface area (TPSA) is 217 Å². The second kappa shape index (κ2) is 11.4. The molecule has 0 bridgehead atoms. The smallest absolute Gasteiger partial charge is 0.342 e. The quantitative estimate of drug-likeness (QED) is 0.119. The number of aromatic nitrogens is 6. The average molecular weight is 531 g/mol. The molecule has 1 aliphatic heterocycles. The number of nitrogens with zero attached hydrogens (tertiary/aromatic N) is 7. The van der Waals surface area contributed by atoms with E-state index in [0.29, 0.717) is 6.26 Å². The van der Waals surface area contributed by atoms with Gasteiger partial charge >= 0.3 is 11.9 Å². The Hall–Kier alpha value is -4.25. The molecule has 1 unspecified atom stereocenters. The number of esters is 2. The van der Waals surface area contributed by atoms with Crippen LogP contribution in [0.4, 0.5) is 5.82 Å². The van der Waals surface area contributed by atoms with E-state index in [1.807, 2.05) is 0 Å². The number of imidazole rings is 1. The number of aliphatic hydroxyl groups excluding tert-OH is 4. The fourth-order valence-corrected chi connectivity index (χ4v) is 3.61. The minimum Gasteiger partial charge on any atom is -0.515 e. The zero-order valence-electron chi connectivity index (χ0n) is 20.3. The lowest BCUT2D eigenvalue weighted by molar-refractivity contribution is -0.137. The van der Waals surface area contributed by atoms with Gasteiger partial charge in [0.1, 0.15) is 23.9 Å². The lowest BCUT2D eigenvalue weighted by atomic mass is 10.1. The van der Waals surface area contributed by atoms with Crippen molar-refractivity contribution in [2.24, 2.45) is 4.99 Å². The number of carbonyl (C=O) groups is 2. The Morgan fingerprint density at radius 1 is 1.18 bits per heavy atom. The van der Waals surface area contributed by atoms with Crippen LogP contribution >= 0.6 is 0 Å². The molecule has 0 aromatic carbocycles. The van der Waals surface area contributed by atoms with Gasteiger partial charge in [0.15, 0.2) is 23.2 Å². The zero-order valence-corrected chi connectivity index (χ0v) is 20.3. The van der Waals surface area contributed by atoms with E-state index in [4.69, 9.17) is 14.2 Å². The number of hydrogen-bond donors (Lipinski definition) is 4. The van der Waals surface area contributed by atoms with E-state index in [2.05, 4.69) is 25.0 Å². The van der Waals surface area contributed by atoms with Gasteiger partial charge in [0, 0.05) is 12.4 Å². The maximum Gasteiger partial charge on any atom is 0.342 e. The molecule has 3 aromatic heterocycles.